The first-order valence-corrected chi connectivity index (χ1v) is 6.53. The van der Waals surface area contributed by atoms with E-state index >= 15 is 0 Å². The molecule has 2 aromatic rings. The average molecular weight is 276 g/mol. The van der Waals surface area contributed by atoms with Gasteiger partial charge in [0.2, 0.25) is 0 Å². The van der Waals surface area contributed by atoms with Gasteiger partial charge < -0.3 is 5.32 Å². The summed E-state index contributed by atoms with van der Waals surface area (Å²) in [7, 11) is 1.79. The Bertz CT molecular complexity index is 577. The van der Waals surface area contributed by atoms with Crippen molar-refractivity contribution in [3.05, 3.63) is 52.5 Å². The van der Waals surface area contributed by atoms with Gasteiger partial charge in [0.25, 0.3) is 5.69 Å². The fourth-order valence-corrected chi connectivity index (χ4v) is 2.38. The molecule has 1 aromatic carbocycles. The first kappa shape index (κ1) is 13.3. The smallest absolute Gasteiger partial charge is 0.269 e. The predicted octanol–water partition coefficient (Wildman–Crippen LogP) is 2.72. The maximum absolute atomic E-state index is 10.8. The molecule has 1 aromatic heterocycles. The minimum Gasteiger partial charge on any atom is -0.388 e. The molecule has 0 aliphatic heterocycles. The van der Waals surface area contributed by atoms with Crippen LogP contribution < -0.4 is 5.32 Å². The van der Waals surface area contributed by atoms with Crippen LogP contribution in [0.4, 0.5) is 11.4 Å². The second kappa shape index (κ2) is 6.14. The molecule has 6 nitrogen and oxygen atoms in total. The van der Waals surface area contributed by atoms with Crippen molar-refractivity contribution < 1.29 is 4.92 Å². The number of non-ortho nitro benzene ring substituents is 1. The van der Waals surface area contributed by atoms with Crippen molar-refractivity contribution >= 4 is 23.1 Å². The van der Waals surface area contributed by atoms with Crippen molar-refractivity contribution in [1.29, 1.82) is 0 Å². The van der Waals surface area contributed by atoms with E-state index in [9.17, 15) is 10.1 Å². The Morgan fingerprint density at radius 1 is 1.42 bits per heavy atom. The number of thioether (sulfide) groups is 1. The minimum atomic E-state index is -0.393. The lowest BCUT2D eigenvalue weighted by Crippen LogP contribution is -1.97. The number of nitro groups is 1. The van der Waals surface area contributed by atoms with E-state index in [4.69, 9.17) is 0 Å². The lowest BCUT2D eigenvalue weighted by Gasteiger charge is -2.08. The Morgan fingerprint density at radius 3 is 2.89 bits per heavy atom. The molecule has 0 atom stereocenters. The van der Waals surface area contributed by atoms with Crippen molar-refractivity contribution in [2.75, 3.05) is 12.4 Å². The van der Waals surface area contributed by atoms with Gasteiger partial charge in [0, 0.05) is 43.0 Å². The summed E-state index contributed by atoms with van der Waals surface area (Å²) in [6.45, 7) is 0. The Hall–Kier alpha value is -2.15. The number of aromatic nitrogens is 2. The lowest BCUT2D eigenvalue weighted by atomic mass is 10.2. The third-order valence-electron chi connectivity index (χ3n) is 2.48. The van der Waals surface area contributed by atoms with Gasteiger partial charge in [-0.25, -0.2) is 4.98 Å². The van der Waals surface area contributed by atoms with Crippen molar-refractivity contribution in [3.8, 4) is 0 Å². The standard InChI is InChI=1S/C12H12N4O2S/c1-13-11-3-2-10(16(17)18)6-9(11)8-19-12-7-14-4-5-15-12/h2-7,13H,8H2,1H3. The zero-order valence-electron chi connectivity index (χ0n) is 10.2. The van der Waals surface area contributed by atoms with E-state index in [0.717, 1.165) is 16.3 Å². The molecule has 0 spiro atoms. The van der Waals surface area contributed by atoms with E-state index < -0.39 is 4.92 Å². The Kier molecular flexibility index (Phi) is 4.30. The summed E-state index contributed by atoms with van der Waals surface area (Å²) in [4.78, 5) is 18.5. The third kappa shape index (κ3) is 3.41. The molecule has 0 saturated heterocycles. The summed E-state index contributed by atoms with van der Waals surface area (Å²) in [5, 5.41) is 14.6. The predicted molar refractivity (Wildman–Crippen MR) is 74.2 cm³/mol. The lowest BCUT2D eigenvalue weighted by molar-refractivity contribution is -0.384. The highest BCUT2D eigenvalue weighted by Crippen LogP contribution is 2.28. The van der Waals surface area contributed by atoms with E-state index in [-0.39, 0.29) is 5.69 Å². The minimum absolute atomic E-state index is 0.0914. The quantitative estimate of drug-likeness (QED) is 0.513. The van der Waals surface area contributed by atoms with Crippen LogP contribution >= 0.6 is 11.8 Å². The van der Waals surface area contributed by atoms with Crippen LogP contribution in [0.2, 0.25) is 0 Å². The second-order valence-electron chi connectivity index (χ2n) is 3.68. The van der Waals surface area contributed by atoms with Gasteiger partial charge in [-0.1, -0.05) is 0 Å². The first-order valence-electron chi connectivity index (χ1n) is 5.54. The van der Waals surface area contributed by atoms with Crippen molar-refractivity contribution in [2.45, 2.75) is 10.8 Å². The molecule has 2 rings (SSSR count). The molecule has 98 valence electrons. The van der Waals surface area contributed by atoms with E-state index in [0.29, 0.717) is 5.75 Å². The Balaban J connectivity index is 2.18. The van der Waals surface area contributed by atoms with Crippen LogP contribution in [-0.2, 0) is 5.75 Å². The maximum atomic E-state index is 10.8. The van der Waals surface area contributed by atoms with Gasteiger partial charge in [-0.15, -0.1) is 11.8 Å². The summed E-state index contributed by atoms with van der Waals surface area (Å²) in [5.74, 6) is 0.594. The molecule has 0 aliphatic rings. The van der Waals surface area contributed by atoms with Crippen LogP contribution in [-0.4, -0.2) is 21.9 Å². The van der Waals surface area contributed by atoms with E-state index in [1.165, 1.54) is 17.8 Å². The van der Waals surface area contributed by atoms with Gasteiger partial charge in [0.1, 0.15) is 5.03 Å². The highest BCUT2D eigenvalue weighted by Gasteiger charge is 2.10. The molecule has 7 heteroatoms. The molecule has 0 unspecified atom stereocenters. The topological polar surface area (TPSA) is 81.0 Å². The van der Waals surface area contributed by atoms with Crippen LogP contribution in [0.25, 0.3) is 0 Å². The molecule has 0 fully saturated rings. The molecule has 1 heterocycles. The summed E-state index contributed by atoms with van der Waals surface area (Å²) in [5.41, 5.74) is 1.84. The summed E-state index contributed by atoms with van der Waals surface area (Å²) < 4.78 is 0. The van der Waals surface area contributed by atoms with Crippen LogP contribution in [0.1, 0.15) is 5.56 Å². The molecule has 0 radical (unpaired) electrons. The van der Waals surface area contributed by atoms with Gasteiger partial charge in [0.05, 0.1) is 11.1 Å². The van der Waals surface area contributed by atoms with Gasteiger partial charge in [-0.05, 0) is 11.6 Å². The third-order valence-corrected chi connectivity index (χ3v) is 3.45. The fourth-order valence-electron chi connectivity index (χ4n) is 1.57. The van der Waals surface area contributed by atoms with Gasteiger partial charge >= 0.3 is 0 Å². The number of rotatable bonds is 5. The number of nitrogens with one attached hydrogen (secondary N) is 1. The summed E-state index contributed by atoms with van der Waals surface area (Å²) >= 11 is 1.49. The number of anilines is 1. The molecule has 0 aliphatic carbocycles. The molecule has 1 N–H and O–H groups in total. The summed E-state index contributed by atoms with van der Waals surface area (Å²) in [6, 6.07) is 4.78. The van der Waals surface area contributed by atoms with Crippen LogP contribution in [0.5, 0.6) is 0 Å². The zero-order chi connectivity index (χ0) is 13.7. The Morgan fingerprint density at radius 2 is 2.26 bits per heavy atom. The normalized spacial score (nSPS) is 10.2. The molecule has 19 heavy (non-hydrogen) atoms. The first-order chi connectivity index (χ1) is 9.20. The highest BCUT2D eigenvalue weighted by molar-refractivity contribution is 7.98. The number of benzene rings is 1. The van der Waals surface area contributed by atoms with Crippen LogP contribution in [0.3, 0.4) is 0 Å². The van der Waals surface area contributed by atoms with E-state index in [1.54, 1.807) is 37.8 Å². The molecule has 0 saturated carbocycles. The largest absolute Gasteiger partial charge is 0.388 e. The SMILES string of the molecule is CNc1ccc([N+](=O)[O-])cc1CSc1cnccn1. The van der Waals surface area contributed by atoms with Crippen molar-refractivity contribution in [1.82, 2.24) is 9.97 Å². The number of nitro benzene ring substituents is 1. The maximum Gasteiger partial charge on any atom is 0.269 e. The second-order valence-corrected chi connectivity index (χ2v) is 4.68. The van der Waals surface area contributed by atoms with Crippen molar-refractivity contribution in [3.63, 3.8) is 0 Å². The van der Waals surface area contributed by atoms with E-state index in [2.05, 4.69) is 15.3 Å². The van der Waals surface area contributed by atoms with Crippen LogP contribution in [0, 0.1) is 10.1 Å². The van der Waals surface area contributed by atoms with Crippen LogP contribution in [0.15, 0.2) is 41.8 Å². The van der Waals surface area contributed by atoms with Gasteiger partial charge in [0.15, 0.2) is 0 Å². The number of nitrogens with zero attached hydrogens (tertiary/aromatic N) is 3. The number of hydrogen-bond acceptors (Lipinski definition) is 6. The van der Waals surface area contributed by atoms with Gasteiger partial charge in [-0.2, -0.15) is 0 Å². The van der Waals surface area contributed by atoms with Crippen molar-refractivity contribution in [2.24, 2.45) is 0 Å². The number of hydrogen-bond donors (Lipinski definition) is 1. The molecule has 0 bridgehead atoms. The molecular formula is C12H12N4O2S. The monoisotopic (exact) mass is 276 g/mol. The highest BCUT2D eigenvalue weighted by atomic mass is 32.2. The Labute approximate surface area is 114 Å². The zero-order valence-corrected chi connectivity index (χ0v) is 11.1. The molecule has 0 amide bonds. The van der Waals surface area contributed by atoms with E-state index in [1.807, 2.05) is 0 Å². The fraction of sp³-hybridized carbons (Fsp3) is 0.167. The summed E-state index contributed by atoms with van der Waals surface area (Å²) in [6.07, 6.45) is 4.90. The average Bonchev–Trinajstić information content (AvgIpc) is 2.45. The van der Waals surface area contributed by atoms with Gasteiger partial charge in [-0.3, -0.25) is 15.1 Å². The molecular weight excluding hydrogens is 264 g/mol.